The van der Waals surface area contributed by atoms with E-state index in [1.165, 1.54) is 74.6 Å². The van der Waals surface area contributed by atoms with E-state index in [1.807, 2.05) is 169 Å². The molecule has 0 aliphatic carbocycles. The third-order valence-electron chi connectivity index (χ3n) is 26.7. The van der Waals surface area contributed by atoms with Crippen LogP contribution in [0, 0.1) is 0 Å². The van der Waals surface area contributed by atoms with E-state index in [9.17, 15) is 0 Å². The number of rotatable bonds is 13. The van der Waals surface area contributed by atoms with Crippen molar-refractivity contribution in [3.8, 4) is 147 Å². The van der Waals surface area contributed by atoms with Gasteiger partial charge in [0.1, 0.15) is 22.3 Å². The minimum absolute atomic E-state index is 0.637. The molecule has 11 nitrogen and oxygen atoms in total. The molecule has 0 spiro atoms. The number of thiophene rings is 1. The van der Waals surface area contributed by atoms with Gasteiger partial charge in [0.05, 0.1) is 0 Å². The zero-order valence-corrected chi connectivity index (χ0v) is 76.7. The molecular weight excluding hydrogens is 1740 g/mol. The molecule has 0 atom stereocenters. The molecule has 0 unspecified atom stereocenters. The molecule has 0 bridgehead atoms. The van der Waals surface area contributed by atoms with Crippen molar-refractivity contribution in [2.45, 2.75) is 0 Å². The first-order valence-corrected chi connectivity index (χ1v) is 48.0. The van der Waals surface area contributed by atoms with Crippen LogP contribution in [0.2, 0.25) is 0 Å². The lowest BCUT2D eigenvalue weighted by atomic mass is 9.95. The van der Waals surface area contributed by atoms with Crippen LogP contribution in [-0.2, 0) is 0 Å². The molecule has 0 amide bonds. The number of fused-ring (bicyclic) bond motifs is 18. The normalized spacial score (nSPS) is 11.5. The summed E-state index contributed by atoms with van der Waals surface area (Å²) in [5.41, 5.74) is 21.6. The second kappa shape index (κ2) is 35.5. The maximum absolute atomic E-state index is 6.37. The van der Waals surface area contributed by atoms with Gasteiger partial charge >= 0.3 is 0 Å². The van der Waals surface area contributed by atoms with Crippen molar-refractivity contribution in [3.63, 3.8) is 0 Å². The zero-order chi connectivity index (χ0) is 93.2. The van der Waals surface area contributed by atoms with Crippen molar-refractivity contribution >= 4 is 140 Å². The van der Waals surface area contributed by atoms with Crippen LogP contribution in [0.15, 0.2) is 488 Å². The summed E-state index contributed by atoms with van der Waals surface area (Å²) in [5, 5.41) is 21.5. The van der Waals surface area contributed by atoms with Gasteiger partial charge in [-0.05, 0) is 182 Å². The van der Waals surface area contributed by atoms with Crippen LogP contribution in [0.4, 0.5) is 0 Å². The lowest BCUT2D eigenvalue weighted by molar-refractivity contribution is 0.669. The Bertz CT molecular complexity index is 9270. The number of hydrogen-bond acceptors (Lipinski definition) is 12. The quantitative estimate of drug-likeness (QED) is 0.109. The number of nitrogens with zero attached hydrogens (tertiary/aromatic N) is 9. The minimum atomic E-state index is 0.637. The summed E-state index contributed by atoms with van der Waals surface area (Å²) in [6.45, 7) is 0. The van der Waals surface area contributed by atoms with Gasteiger partial charge in [-0.1, -0.05) is 406 Å². The Kier molecular flexibility index (Phi) is 20.9. The number of benzene rings is 22. The summed E-state index contributed by atoms with van der Waals surface area (Å²) in [6.07, 6.45) is 0. The van der Waals surface area contributed by atoms with Crippen LogP contribution < -0.4 is 0 Å². The van der Waals surface area contributed by atoms with E-state index < -0.39 is 0 Å². The monoisotopic (exact) mass is 1820 g/mol. The largest absolute Gasteiger partial charge is 0.456 e. The van der Waals surface area contributed by atoms with E-state index in [0.717, 1.165) is 149 Å². The molecule has 0 fully saturated rings. The lowest BCUT2D eigenvalue weighted by Gasteiger charge is -2.10. The Hall–Kier alpha value is -18.8. The molecule has 141 heavy (non-hydrogen) atoms. The van der Waals surface area contributed by atoms with Crippen LogP contribution in [0.5, 0.6) is 0 Å². The zero-order valence-electron chi connectivity index (χ0n) is 75.9. The predicted octanol–water partition coefficient (Wildman–Crippen LogP) is 34.4. The van der Waals surface area contributed by atoms with Gasteiger partial charge in [0, 0.05) is 91.8 Å². The van der Waals surface area contributed by atoms with E-state index >= 15 is 0 Å². The second-order valence-corrected chi connectivity index (χ2v) is 36.4. The Balaban J connectivity index is 0.000000109. The first kappa shape index (κ1) is 82.9. The van der Waals surface area contributed by atoms with Crippen LogP contribution in [0.3, 0.4) is 0 Å². The Labute approximate surface area is 814 Å². The van der Waals surface area contributed by atoms with Crippen LogP contribution in [0.1, 0.15) is 0 Å². The first-order valence-electron chi connectivity index (χ1n) is 47.2. The summed E-state index contributed by atoms with van der Waals surface area (Å²) in [5.74, 6) is 5.87. The van der Waals surface area contributed by atoms with Gasteiger partial charge < -0.3 is 8.83 Å². The number of furan rings is 2. The van der Waals surface area contributed by atoms with Crippen molar-refractivity contribution in [2.75, 3.05) is 0 Å². The summed E-state index contributed by atoms with van der Waals surface area (Å²) in [6, 6.07) is 167. The molecule has 6 heterocycles. The molecule has 28 rings (SSSR count). The van der Waals surface area contributed by atoms with Crippen molar-refractivity contribution < 1.29 is 8.83 Å². The van der Waals surface area contributed by atoms with Crippen molar-refractivity contribution in [1.29, 1.82) is 0 Å². The van der Waals surface area contributed by atoms with Crippen molar-refractivity contribution in [3.05, 3.63) is 479 Å². The van der Waals surface area contributed by atoms with Gasteiger partial charge in [-0.15, -0.1) is 11.3 Å². The van der Waals surface area contributed by atoms with Crippen LogP contribution in [0.25, 0.3) is 276 Å². The maximum atomic E-state index is 6.37. The van der Waals surface area contributed by atoms with Gasteiger partial charge in [0.25, 0.3) is 0 Å². The second-order valence-electron chi connectivity index (χ2n) is 35.3. The van der Waals surface area contributed by atoms with Crippen molar-refractivity contribution in [1.82, 2.24) is 44.9 Å². The highest BCUT2D eigenvalue weighted by molar-refractivity contribution is 7.26. The SMILES string of the molecule is c1ccc(-c2ccc(-c3nc(-c4ccccc4)nc(-c4ccc5cc(-c6cccc7oc8ccc9ccccc9c8c67)ccc5c4)n3)cc2)cc1.c1ccc(-c2nc(-c3ccccc3)nc(-c3ccc4cc(-c5cccc6oc7ccc8ccccc8c7c56)ccc4c3)n2)cc1.c1ccc(-c2nc(-c3ccccc3)nc(-c3ccc4cc(-c5cccc6sc7ccc8ccccc8c7c56)ccc4c3)n2)cc1. The summed E-state index contributed by atoms with van der Waals surface area (Å²) in [7, 11) is 0. The highest BCUT2D eigenvalue weighted by atomic mass is 32.1. The summed E-state index contributed by atoms with van der Waals surface area (Å²) >= 11 is 1.87. The molecule has 12 heteroatoms. The molecule has 0 radical (unpaired) electrons. The molecule has 0 aliphatic rings. The van der Waals surface area contributed by atoms with Gasteiger partial charge in [0.2, 0.25) is 0 Å². The molecule has 6 aromatic heterocycles. The fourth-order valence-corrected chi connectivity index (χ4v) is 21.0. The highest BCUT2D eigenvalue weighted by Gasteiger charge is 2.24. The van der Waals surface area contributed by atoms with E-state index in [-0.39, 0.29) is 0 Å². The van der Waals surface area contributed by atoms with E-state index in [1.54, 1.807) is 0 Å². The van der Waals surface area contributed by atoms with E-state index in [0.29, 0.717) is 52.4 Å². The number of aromatic nitrogens is 9. The molecule has 0 N–H and O–H groups in total. The van der Waals surface area contributed by atoms with E-state index in [2.05, 4.69) is 322 Å². The Morgan fingerprint density at radius 1 is 0.135 bits per heavy atom. The molecule has 0 saturated heterocycles. The smallest absolute Gasteiger partial charge is 0.164 e. The topological polar surface area (TPSA) is 142 Å². The fourth-order valence-electron chi connectivity index (χ4n) is 19.8. The number of hydrogen-bond donors (Lipinski definition) is 0. The standard InChI is InChI=1S/C47H29N3O.C41H25N3O.C41H25N3S/c1-3-10-30(11-4-1)31-18-20-34(21-19-31)46-48-45(33-13-5-2-6-14-33)49-47(50-46)38-25-23-35-28-37(24-22-36(35)29-38)40-16-9-17-41-44(40)43-39-15-8-7-12-32(39)26-27-42(43)51-41;2*1-3-11-27(12-4-1)39-42-40(28-13-5-2-6-14-28)44-41(43-39)32-21-19-29-24-31(20-18-30(29)25-32)34-16-9-17-35-38(34)37-33-15-8-7-10-26(33)22-23-36(37)45-35/h1-29H;2*1-25H. The molecule has 22 aromatic carbocycles. The third-order valence-corrected chi connectivity index (χ3v) is 27.8. The lowest BCUT2D eigenvalue weighted by Crippen LogP contribution is -2.00. The predicted molar refractivity (Wildman–Crippen MR) is 583 cm³/mol. The van der Waals surface area contributed by atoms with Gasteiger partial charge in [0.15, 0.2) is 52.4 Å². The molecule has 28 aromatic rings. The Morgan fingerprint density at radius 2 is 0.362 bits per heavy atom. The van der Waals surface area contributed by atoms with Gasteiger partial charge in [-0.25, -0.2) is 44.9 Å². The maximum Gasteiger partial charge on any atom is 0.164 e. The minimum Gasteiger partial charge on any atom is -0.456 e. The average molecular weight is 1820 g/mol. The molecule has 658 valence electrons. The van der Waals surface area contributed by atoms with Crippen LogP contribution >= 0.6 is 11.3 Å². The van der Waals surface area contributed by atoms with Crippen LogP contribution in [-0.4, -0.2) is 44.9 Å². The summed E-state index contributed by atoms with van der Waals surface area (Å²) in [4.78, 5) is 44.3. The Morgan fingerprint density at radius 3 is 0.709 bits per heavy atom. The highest BCUT2D eigenvalue weighted by Crippen LogP contribution is 2.48. The third kappa shape index (κ3) is 15.7. The van der Waals surface area contributed by atoms with E-state index in [4.69, 9.17) is 53.7 Å². The molecule has 0 aliphatic heterocycles. The molecular formula is C129H79N9O2S. The van der Waals surface area contributed by atoms with Crippen molar-refractivity contribution in [2.24, 2.45) is 0 Å². The molecule has 0 saturated carbocycles. The van der Waals surface area contributed by atoms with Gasteiger partial charge in [-0.2, -0.15) is 0 Å². The summed E-state index contributed by atoms with van der Waals surface area (Å²) < 4.78 is 15.3. The average Bonchev–Trinajstić information content (AvgIpc) is 1.60. The first-order chi connectivity index (χ1) is 69.8. The van der Waals surface area contributed by atoms with Gasteiger partial charge in [-0.3, -0.25) is 0 Å². The fraction of sp³-hybridized carbons (Fsp3) is 0.